The monoisotopic (exact) mass is 515 g/mol. The van der Waals surface area contributed by atoms with E-state index in [1.807, 2.05) is 0 Å². The van der Waals surface area contributed by atoms with Crippen molar-refractivity contribution in [1.29, 1.82) is 0 Å². The van der Waals surface area contributed by atoms with Crippen LogP contribution >= 0.6 is 11.8 Å². The smallest absolute Gasteiger partial charge is 0.416 e. The lowest BCUT2D eigenvalue weighted by atomic mass is 10.0. The number of aliphatic imine (C=N–C) groups is 1. The topological polar surface area (TPSA) is 48.3 Å². The number of hydrogen-bond donors (Lipinski definition) is 0. The zero-order valence-electron chi connectivity index (χ0n) is 19.2. The van der Waals surface area contributed by atoms with Gasteiger partial charge in [0.15, 0.2) is 0 Å². The second-order valence-corrected chi connectivity index (χ2v) is 9.40. The average Bonchev–Trinajstić information content (AvgIpc) is 2.82. The van der Waals surface area contributed by atoms with Gasteiger partial charge in [-0.15, -0.1) is 0 Å². The van der Waals surface area contributed by atoms with E-state index in [2.05, 4.69) is 9.98 Å². The lowest BCUT2D eigenvalue weighted by Gasteiger charge is -2.21. The van der Waals surface area contributed by atoms with Crippen molar-refractivity contribution >= 4 is 28.6 Å². The zero-order valence-corrected chi connectivity index (χ0v) is 20.1. The molecular formula is C27H20F5N2OS-. The maximum Gasteiger partial charge on any atom is 0.416 e. The van der Waals surface area contributed by atoms with E-state index in [9.17, 15) is 27.1 Å². The Balaban J connectivity index is 1.74. The third-order valence-corrected chi connectivity index (χ3v) is 6.56. The molecule has 0 saturated carbocycles. The molecule has 9 heteroatoms. The molecule has 0 bridgehead atoms. The molecule has 3 nitrogen and oxygen atoms in total. The van der Waals surface area contributed by atoms with Gasteiger partial charge in [0, 0.05) is 32.5 Å². The van der Waals surface area contributed by atoms with Gasteiger partial charge in [-0.25, -0.2) is 0 Å². The van der Waals surface area contributed by atoms with Gasteiger partial charge in [-0.1, -0.05) is 59.8 Å². The first-order valence-electron chi connectivity index (χ1n) is 10.9. The highest BCUT2D eigenvalue weighted by atomic mass is 32.2. The summed E-state index contributed by atoms with van der Waals surface area (Å²) >= 11 is 0.891. The standard InChI is InChI=1S/C27H21F5N2OS/c1-16-10-11-21(17(2)12-16)26(28,29)15-34-25(35)24-20-8-3-4-9-22(20)33-14-23(24)36-19-7-5-6-18(13-19)27(30,31)32/h3-14H,15H2,1-2H3,(H,34,35)/p-1. The number of hydrogen-bond acceptors (Lipinski definition) is 4. The van der Waals surface area contributed by atoms with Gasteiger partial charge in [0.2, 0.25) is 0 Å². The molecule has 186 valence electrons. The molecule has 0 aliphatic heterocycles. The lowest BCUT2D eigenvalue weighted by molar-refractivity contribution is -0.213. The molecule has 0 radical (unpaired) electrons. The normalized spacial score (nSPS) is 12.8. The minimum Gasteiger partial charge on any atom is -0.858 e. The number of halogens is 5. The van der Waals surface area contributed by atoms with Crippen LogP contribution in [-0.4, -0.2) is 17.4 Å². The van der Waals surface area contributed by atoms with Gasteiger partial charge >= 0.3 is 6.18 Å². The van der Waals surface area contributed by atoms with Crippen molar-refractivity contribution in [3.8, 4) is 0 Å². The molecule has 1 heterocycles. The number of nitrogens with zero attached hydrogens (tertiary/aromatic N) is 2. The van der Waals surface area contributed by atoms with Gasteiger partial charge in [-0.05, 0) is 49.6 Å². The highest BCUT2D eigenvalue weighted by molar-refractivity contribution is 7.99. The van der Waals surface area contributed by atoms with Crippen molar-refractivity contribution < 1.29 is 27.1 Å². The molecule has 3 aromatic carbocycles. The molecule has 0 N–H and O–H groups in total. The summed E-state index contributed by atoms with van der Waals surface area (Å²) in [5.41, 5.74) is 0.608. The molecule has 0 unspecified atom stereocenters. The number of rotatable bonds is 6. The Hall–Kier alpha value is -3.46. The molecule has 0 aliphatic carbocycles. The lowest BCUT2D eigenvalue weighted by Crippen LogP contribution is -2.25. The molecule has 0 atom stereocenters. The van der Waals surface area contributed by atoms with Gasteiger partial charge in [-0.3, -0.25) is 9.98 Å². The van der Waals surface area contributed by atoms with Crippen LogP contribution in [0.3, 0.4) is 0 Å². The molecular weight excluding hydrogens is 495 g/mol. The van der Waals surface area contributed by atoms with Crippen LogP contribution in [0.5, 0.6) is 0 Å². The van der Waals surface area contributed by atoms with Crippen LogP contribution in [0.25, 0.3) is 10.9 Å². The molecule has 0 amide bonds. The number of benzene rings is 3. The first-order valence-corrected chi connectivity index (χ1v) is 11.7. The van der Waals surface area contributed by atoms with Crippen LogP contribution in [0.1, 0.15) is 27.8 Å². The molecule has 0 fully saturated rings. The van der Waals surface area contributed by atoms with Crippen LogP contribution in [0.4, 0.5) is 22.0 Å². The zero-order chi connectivity index (χ0) is 26.1. The maximum atomic E-state index is 15.0. The summed E-state index contributed by atoms with van der Waals surface area (Å²) < 4.78 is 69.4. The number of pyridine rings is 1. The fourth-order valence-electron chi connectivity index (χ4n) is 3.84. The van der Waals surface area contributed by atoms with E-state index in [0.717, 1.165) is 29.5 Å². The largest absolute Gasteiger partial charge is 0.858 e. The van der Waals surface area contributed by atoms with Crippen molar-refractivity contribution in [3.05, 3.63) is 101 Å². The number of alkyl halides is 5. The van der Waals surface area contributed by atoms with E-state index in [1.54, 1.807) is 50.2 Å². The summed E-state index contributed by atoms with van der Waals surface area (Å²) in [6.07, 6.45) is -3.19. The minimum absolute atomic E-state index is 0.0134. The quantitative estimate of drug-likeness (QED) is 0.159. The van der Waals surface area contributed by atoms with Crippen molar-refractivity contribution in [2.45, 2.75) is 35.7 Å². The highest BCUT2D eigenvalue weighted by Gasteiger charge is 2.33. The molecule has 4 rings (SSSR count). The molecule has 4 aromatic rings. The summed E-state index contributed by atoms with van der Waals surface area (Å²) in [5, 5.41) is 13.6. The van der Waals surface area contributed by atoms with Crippen LogP contribution in [0.15, 0.2) is 87.7 Å². The first-order chi connectivity index (χ1) is 17.0. The van der Waals surface area contributed by atoms with E-state index >= 15 is 0 Å². The first kappa shape index (κ1) is 25.6. The second kappa shape index (κ2) is 9.89. The van der Waals surface area contributed by atoms with Gasteiger partial charge < -0.3 is 5.11 Å². The Morgan fingerprint density at radius 1 is 0.944 bits per heavy atom. The van der Waals surface area contributed by atoms with E-state index in [4.69, 9.17) is 0 Å². The Morgan fingerprint density at radius 3 is 2.42 bits per heavy atom. The van der Waals surface area contributed by atoms with Crippen LogP contribution in [-0.2, 0) is 12.1 Å². The molecule has 36 heavy (non-hydrogen) atoms. The van der Waals surface area contributed by atoms with Crippen LogP contribution < -0.4 is 5.11 Å². The highest BCUT2D eigenvalue weighted by Crippen LogP contribution is 2.37. The van der Waals surface area contributed by atoms with E-state index in [-0.39, 0.29) is 20.9 Å². The van der Waals surface area contributed by atoms with Crippen molar-refractivity contribution in [2.75, 3.05) is 6.54 Å². The summed E-state index contributed by atoms with van der Waals surface area (Å²) in [7, 11) is 0. The fourth-order valence-corrected chi connectivity index (χ4v) is 4.83. The van der Waals surface area contributed by atoms with Gasteiger partial charge in [0.1, 0.15) is 6.54 Å². The number of aryl methyl sites for hydroxylation is 2. The number of para-hydroxylation sites is 1. The summed E-state index contributed by atoms with van der Waals surface area (Å²) in [6, 6.07) is 15.8. The van der Waals surface area contributed by atoms with Gasteiger partial charge in [-0.2, -0.15) is 22.0 Å². The van der Waals surface area contributed by atoms with Crippen molar-refractivity contribution in [2.24, 2.45) is 4.99 Å². The Bertz CT molecular complexity index is 1450. The summed E-state index contributed by atoms with van der Waals surface area (Å²) in [5.74, 6) is -4.28. The minimum atomic E-state index is -4.54. The predicted molar refractivity (Wildman–Crippen MR) is 129 cm³/mol. The summed E-state index contributed by atoms with van der Waals surface area (Å²) in [6.45, 7) is 2.29. The van der Waals surface area contributed by atoms with Gasteiger partial charge in [0.05, 0.1) is 11.1 Å². The van der Waals surface area contributed by atoms with Crippen LogP contribution in [0, 0.1) is 13.8 Å². The Kier molecular flexibility index (Phi) is 7.04. The van der Waals surface area contributed by atoms with Crippen molar-refractivity contribution in [1.82, 2.24) is 4.98 Å². The average molecular weight is 516 g/mol. The summed E-state index contributed by atoms with van der Waals surface area (Å²) in [4.78, 5) is 8.43. The molecule has 1 aromatic heterocycles. The molecule has 0 aliphatic rings. The second-order valence-electron chi connectivity index (χ2n) is 8.29. The Labute approximate surface area is 208 Å². The van der Waals surface area contributed by atoms with E-state index in [1.165, 1.54) is 24.4 Å². The van der Waals surface area contributed by atoms with Crippen molar-refractivity contribution in [3.63, 3.8) is 0 Å². The van der Waals surface area contributed by atoms with E-state index < -0.39 is 30.1 Å². The SMILES string of the molecule is Cc1ccc(C(F)(F)CN=C([O-])c2c(Sc3cccc(C(F)(F)F)c3)cnc3ccccc23)c(C)c1. The number of aromatic nitrogens is 1. The third-order valence-electron chi connectivity index (χ3n) is 5.54. The number of fused-ring (bicyclic) bond motifs is 1. The van der Waals surface area contributed by atoms with E-state index in [0.29, 0.717) is 16.5 Å². The predicted octanol–water partition coefficient (Wildman–Crippen LogP) is 6.92. The van der Waals surface area contributed by atoms with Gasteiger partial charge in [0.25, 0.3) is 5.92 Å². The molecule has 0 saturated heterocycles. The Morgan fingerprint density at radius 2 is 1.69 bits per heavy atom. The van der Waals surface area contributed by atoms with Crippen LogP contribution in [0.2, 0.25) is 0 Å². The maximum absolute atomic E-state index is 15.0. The molecule has 0 spiro atoms. The fraction of sp³-hybridized carbons (Fsp3) is 0.185. The third kappa shape index (κ3) is 5.51.